The van der Waals surface area contributed by atoms with E-state index in [4.69, 9.17) is 28.2 Å². The summed E-state index contributed by atoms with van der Waals surface area (Å²) in [6.07, 6.45) is 2.53. The second kappa shape index (κ2) is 6.30. The molecular weight excluding hydrogens is 306 g/mol. The van der Waals surface area contributed by atoms with Gasteiger partial charge in [-0.15, -0.1) is 5.10 Å². The Labute approximate surface area is 134 Å². The minimum atomic E-state index is 0.415. The molecule has 0 amide bonds. The Morgan fingerprint density at radius 3 is 2.86 bits per heavy atom. The predicted molar refractivity (Wildman–Crippen MR) is 85.7 cm³/mol. The van der Waals surface area contributed by atoms with Crippen molar-refractivity contribution >= 4 is 23.8 Å². The van der Waals surface area contributed by atoms with Crippen molar-refractivity contribution in [1.29, 1.82) is 0 Å². The largest absolute Gasteiger partial charge is 0.409 e. The number of piperidine rings is 1. The van der Waals surface area contributed by atoms with E-state index in [1.54, 1.807) is 4.68 Å². The van der Waals surface area contributed by atoms with Crippen LogP contribution in [0.5, 0.6) is 0 Å². The first-order chi connectivity index (χ1) is 10.1. The Balaban J connectivity index is 1.78. The fourth-order valence-corrected chi connectivity index (χ4v) is 3.01. The molecule has 1 saturated heterocycles. The Morgan fingerprint density at radius 2 is 2.14 bits per heavy atom. The van der Waals surface area contributed by atoms with E-state index >= 15 is 0 Å². The number of rotatable bonds is 3. The van der Waals surface area contributed by atoms with Crippen molar-refractivity contribution in [3.05, 3.63) is 34.1 Å². The zero-order chi connectivity index (χ0) is 14.8. The third kappa shape index (κ3) is 3.54. The smallest absolute Gasteiger partial charge is 0.288 e. The zero-order valence-electron chi connectivity index (χ0n) is 12.0. The molecule has 2 heterocycles. The summed E-state index contributed by atoms with van der Waals surface area (Å²) < 4.78 is 7.37. The highest BCUT2D eigenvalue weighted by molar-refractivity contribution is 7.71. The lowest BCUT2D eigenvalue weighted by Crippen LogP contribution is -2.36. The van der Waals surface area contributed by atoms with Gasteiger partial charge in [0, 0.05) is 17.1 Å². The van der Waals surface area contributed by atoms with Gasteiger partial charge in [0.05, 0.1) is 6.67 Å². The predicted octanol–water partition coefficient (Wildman–Crippen LogP) is 4.22. The zero-order valence-corrected chi connectivity index (χ0v) is 13.5. The monoisotopic (exact) mass is 323 g/mol. The van der Waals surface area contributed by atoms with Gasteiger partial charge in [0.1, 0.15) is 0 Å². The maximum atomic E-state index is 5.89. The Morgan fingerprint density at radius 1 is 1.38 bits per heavy atom. The van der Waals surface area contributed by atoms with E-state index in [0.29, 0.717) is 22.4 Å². The van der Waals surface area contributed by atoms with Crippen molar-refractivity contribution in [1.82, 2.24) is 14.7 Å². The molecule has 1 fully saturated rings. The van der Waals surface area contributed by atoms with Crippen molar-refractivity contribution in [2.45, 2.75) is 26.4 Å². The van der Waals surface area contributed by atoms with Crippen LogP contribution in [0.25, 0.3) is 11.5 Å². The van der Waals surface area contributed by atoms with Crippen molar-refractivity contribution in [2.24, 2.45) is 5.92 Å². The number of aromatic nitrogens is 2. The minimum absolute atomic E-state index is 0.415. The summed E-state index contributed by atoms with van der Waals surface area (Å²) in [6, 6.07) is 7.41. The third-order valence-corrected chi connectivity index (χ3v) is 4.32. The van der Waals surface area contributed by atoms with Gasteiger partial charge >= 0.3 is 0 Å². The van der Waals surface area contributed by atoms with Gasteiger partial charge in [-0.1, -0.05) is 18.5 Å². The number of hydrogen-bond acceptors (Lipinski definition) is 4. The maximum absolute atomic E-state index is 5.89. The first kappa shape index (κ1) is 14.8. The minimum Gasteiger partial charge on any atom is -0.409 e. The molecule has 6 heteroatoms. The van der Waals surface area contributed by atoms with Crippen LogP contribution < -0.4 is 0 Å². The molecular formula is C15H18ClN3OS. The van der Waals surface area contributed by atoms with Crippen LogP contribution in [-0.2, 0) is 6.67 Å². The molecule has 112 valence electrons. The van der Waals surface area contributed by atoms with Gasteiger partial charge < -0.3 is 4.42 Å². The number of nitrogens with zero attached hydrogens (tertiary/aromatic N) is 3. The molecule has 3 rings (SSSR count). The second-order valence-electron chi connectivity index (χ2n) is 5.65. The molecule has 2 aromatic rings. The van der Waals surface area contributed by atoms with Gasteiger partial charge in [-0.2, -0.15) is 0 Å². The van der Waals surface area contributed by atoms with Crippen LogP contribution in [0, 0.1) is 10.8 Å². The van der Waals surface area contributed by atoms with Gasteiger partial charge in [0.2, 0.25) is 5.89 Å². The molecule has 0 aliphatic carbocycles. The van der Waals surface area contributed by atoms with E-state index in [1.807, 2.05) is 24.3 Å². The molecule has 4 nitrogen and oxygen atoms in total. The first-order valence-corrected chi connectivity index (χ1v) is 7.96. The standard InChI is InChI=1S/C15H18ClN3OS/c1-11-3-2-8-18(9-11)10-19-15(21)20-14(17-19)12-4-6-13(16)7-5-12/h4-7,11H,2-3,8-10H2,1H3/t11-/m0/s1. The number of hydrogen-bond donors (Lipinski definition) is 0. The van der Waals surface area contributed by atoms with E-state index in [-0.39, 0.29) is 0 Å². The van der Waals surface area contributed by atoms with Crippen LogP contribution in [0.2, 0.25) is 5.02 Å². The van der Waals surface area contributed by atoms with Crippen LogP contribution in [0.4, 0.5) is 0 Å². The second-order valence-corrected chi connectivity index (χ2v) is 6.43. The normalized spacial score (nSPS) is 19.8. The number of likely N-dealkylation sites (tertiary alicyclic amines) is 1. The van der Waals surface area contributed by atoms with Gasteiger partial charge in [0.25, 0.3) is 4.84 Å². The van der Waals surface area contributed by atoms with Gasteiger partial charge in [-0.05, 0) is 61.8 Å². The lowest BCUT2D eigenvalue weighted by molar-refractivity contribution is 0.136. The van der Waals surface area contributed by atoms with E-state index < -0.39 is 0 Å². The molecule has 1 aromatic carbocycles. The van der Waals surface area contributed by atoms with E-state index in [0.717, 1.165) is 24.6 Å². The summed E-state index contributed by atoms with van der Waals surface area (Å²) >= 11 is 11.2. The van der Waals surface area contributed by atoms with E-state index in [1.165, 1.54) is 12.8 Å². The molecule has 0 unspecified atom stereocenters. The highest BCUT2D eigenvalue weighted by Gasteiger charge is 2.18. The van der Waals surface area contributed by atoms with Gasteiger partial charge in [-0.3, -0.25) is 4.90 Å². The molecule has 1 aromatic heterocycles. The molecule has 1 aliphatic rings. The van der Waals surface area contributed by atoms with Crippen LogP contribution in [0.15, 0.2) is 28.7 Å². The fraction of sp³-hybridized carbons (Fsp3) is 0.467. The quantitative estimate of drug-likeness (QED) is 0.792. The summed E-state index contributed by atoms with van der Waals surface area (Å²) in [6.45, 7) is 5.16. The van der Waals surface area contributed by atoms with Crippen molar-refractivity contribution in [3.8, 4) is 11.5 Å². The van der Waals surface area contributed by atoms with Crippen molar-refractivity contribution in [2.75, 3.05) is 13.1 Å². The average molecular weight is 324 g/mol. The lowest BCUT2D eigenvalue weighted by atomic mass is 10.0. The van der Waals surface area contributed by atoms with Crippen LogP contribution >= 0.6 is 23.8 Å². The Kier molecular flexibility index (Phi) is 4.42. The highest BCUT2D eigenvalue weighted by atomic mass is 35.5. The fourth-order valence-electron chi connectivity index (χ4n) is 2.71. The summed E-state index contributed by atoms with van der Waals surface area (Å²) in [7, 11) is 0. The van der Waals surface area contributed by atoms with Crippen molar-refractivity contribution in [3.63, 3.8) is 0 Å². The van der Waals surface area contributed by atoms with E-state index in [9.17, 15) is 0 Å². The van der Waals surface area contributed by atoms with Crippen molar-refractivity contribution < 1.29 is 4.42 Å². The molecule has 0 saturated carbocycles. The molecule has 1 aliphatic heterocycles. The van der Waals surface area contributed by atoms with Crippen LogP contribution in [-0.4, -0.2) is 27.8 Å². The van der Waals surface area contributed by atoms with Crippen LogP contribution in [0.3, 0.4) is 0 Å². The molecule has 0 N–H and O–H groups in total. The molecule has 1 atom stereocenters. The Bertz CT molecular complexity index is 664. The summed E-state index contributed by atoms with van der Waals surface area (Å²) in [5.74, 6) is 1.28. The SMILES string of the molecule is C[C@H]1CCCN(Cn2nc(-c3ccc(Cl)cc3)oc2=S)C1. The summed E-state index contributed by atoms with van der Waals surface area (Å²) in [5.41, 5.74) is 0.885. The van der Waals surface area contributed by atoms with Gasteiger partial charge in [0.15, 0.2) is 0 Å². The highest BCUT2D eigenvalue weighted by Crippen LogP contribution is 2.21. The summed E-state index contributed by atoms with van der Waals surface area (Å²) in [5, 5.41) is 5.18. The third-order valence-electron chi connectivity index (χ3n) is 3.77. The maximum Gasteiger partial charge on any atom is 0.288 e. The Hall–Kier alpha value is -1.17. The molecule has 0 radical (unpaired) electrons. The first-order valence-electron chi connectivity index (χ1n) is 7.18. The number of halogens is 1. The molecule has 0 bridgehead atoms. The summed E-state index contributed by atoms with van der Waals surface area (Å²) in [4.78, 5) is 2.79. The topological polar surface area (TPSA) is 34.2 Å². The van der Waals surface area contributed by atoms with E-state index in [2.05, 4.69) is 16.9 Å². The molecule has 0 spiro atoms. The number of benzene rings is 1. The van der Waals surface area contributed by atoms with Crippen LogP contribution in [0.1, 0.15) is 19.8 Å². The molecule has 21 heavy (non-hydrogen) atoms. The lowest BCUT2D eigenvalue weighted by Gasteiger charge is -2.30. The van der Waals surface area contributed by atoms with Gasteiger partial charge in [-0.25, -0.2) is 4.68 Å². The average Bonchev–Trinajstić information content (AvgIpc) is 2.81.